The lowest BCUT2D eigenvalue weighted by Gasteiger charge is -2.32. The molecule has 186 valence electrons. The lowest BCUT2D eigenvalue weighted by Crippen LogP contribution is -2.50. The van der Waals surface area contributed by atoms with Crippen LogP contribution in [0.1, 0.15) is 52.0 Å². The third-order valence-electron chi connectivity index (χ3n) is 5.78. The van der Waals surface area contributed by atoms with Crippen molar-refractivity contribution in [3.05, 3.63) is 66.2 Å². The van der Waals surface area contributed by atoms with E-state index in [0.29, 0.717) is 25.1 Å². The molecule has 0 aliphatic carbocycles. The number of carbonyl (C=O) groups is 2. The minimum Gasteiger partial charge on any atom is -0.352 e. The fourth-order valence-corrected chi connectivity index (χ4v) is 4.70. The van der Waals surface area contributed by atoms with E-state index in [4.69, 9.17) is 0 Å². The zero-order valence-electron chi connectivity index (χ0n) is 20.6. The molecule has 0 radical (unpaired) electrons. The second kappa shape index (κ2) is 13.1. The first-order valence-corrected chi connectivity index (χ1v) is 13.7. The van der Waals surface area contributed by atoms with Crippen LogP contribution < -0.4 is 9.62 Å². The lowest BCUT2D eigenvalue weighted by atomic mass is 10.1. The predicted octanol–water partition coefficient (Wildman–Crippen LogP) is 3.95. The van der Waals surface area contributed by atoms with E-state index >= 15 is 0 Å². The van der Waals surface area contributed by atoms with E-state index in [1.165, 1.54) is 4.31 Å². The van der Waals surface area contributed by atoms with Gasteiger partial charge in [-0.1, -0.05) is 62.4 Å². The molecule has 0 unspecified atom stereocenters. The molecular weight excluding hydrogens is 450 g/mol. The zero-order chi connectivity index (χ0) is 25.1. The van der Waals surface area contributed by atoms with Crippen LogP contribution in [0.15, 0.2) is 60.7 Å². The van der Waals surface area contributed by atoms with Gasteiger partial charge in [-0.2, -0.15) is 0 Å². The molecule has 2 rings (SSSR count). The average Bonchev–Trinajstić information content (AvgIpc) is 2.81. The molecular formula is C26H37N3O4S. The second-order valence-electron chi connectivity index (χ2n) is 8.52. The Morgan fingerprint density at radius 2 is 1.53 bits per heavy atom. The van der Waals surface area contributed by atoms with E-state index in [1.54, 1.807) is 29.2 Å². The fourth-order valence-electron chi connectivity index (χ4n) is 3.74. The van der Waals surface area contributed by atoms with Gasteiger partial charge in [-0.15, -0.1) is 0 Å². The van der Waals surface area contributed by atoms with Crippen LogP contribution in [0.2, 0.25) is 0 Å². The van der Waals surface area contributed by atoms with E-state index < -0.39 is 16.1 Å². The summed E-state index contributed by atoms with van der Waals surface area (Å²) in [5.74, 6) is -0.334. The molecule has 0 aromatic heterocycles. The SMILES string of the molecule is CC[C@H](C)NC(=O)[C@H](CC)N(Cc1ccccc1)C(=O)CCCN(c1ccccc1)S(C)(=O)=O. The van der Waals surface area contributed by atoms with E-state index in [2.05, 4.69) is 5.32 Å². The highest BCUT2D eigenvalue weighted by Gasteiger charge is 2.29. The van der Waals surface area contributed by atoms with Gasteiger partial charge in [0.1, 0.15) is 6.04 Å². The first-order valence-electron chi connectivity index (χ1n) is 11.8. The lowest BCUT2D eigenvalue weighted by molar-refractivity contribution is -0.141. The van der Waals surface area contributed by atoms with Crippen LogP contribution in [-0.4, -0.2) is 50.0 Å². The molecule has 2 aromatic rings. The number of hydrogen-bond donors (Lipinski definition) is 1. The molecule has 0 aliphatic heterocycles. The van der Waals surface area contributed by atoms with Crippen molar-refractivity contribution in [3.8, 4) is 0 Å². The maximum atomic E-state index is 13.4. The van der Waals surface area contributed by atoms with Crippen molar-refractivity contribution >= 4 is 27.5 Å². The normalized spacial score (nSPS) is 13.1. The molecule has 0 fully saturated rings. The number of nitrogens with one attached hydrogen (secondary N) is 1. The van der Waals surface area contributed by atoms with Gasteiger partial charge in [0.2, 0.25) is 21.8 Å². The number of carbonyl (C=O) groups excluding carboxylic acids is 2. The third kappa shape index (κ3) is 8.17. The highest BCUT2D eigenvalue weighted by molar-refractivity contribution is 7.92. The summed E-state index contributed by atoms with van der Waals surface area (Å²) in [6, 6.07) is 17.9. The molecule has 0 aliphatic rings. The largest absolute Gasteiger partial charge is 0.352 e. The molecule has 0 heterocycles. The van der Waals surface area contributed by atoms with Crippen LogP contribution in [-0.2, 0) is 26.2 Å². The fraction of sp³-hybridized carbons (Fsp3) is 0.462. The monoisotopic (exact) mass is 487 g/mol. The second-order valence-corrected chi connectivity index (χ2v) is 10.4. The van der Waals surface area contributed by atoms with Gasteiger partial charge in [-0.05, 0) is 43.9 Å². The zero-order valence-corrected chi connectivity index (χ0v) is 21.4. The molecule has 8 heteroatoms. The van der Waals surface area contributed by atoms with E-state index in [-0.39, 0.29) is 30.8 Å². The van der Waals surface area contributed by atoms with Crippen LogP contribution in [0, 0.1) is 0 Å². The molecule has 0 saturated carbocycles. The summed E-state index contributed by atoms with van der Waals surface area (Å²) in [6.07, 6.45) is 2.93. The first-order chi connectivity index (χ1) is 16.2. The molecule has 0 bridgehead atoms. The summed E-state index contributed by atoms with van der Waals surface area (Å²) in [5.41, 5.74) is 1.51. The van der Waals surface area contributed by atoms with Gasteiger partial charge in [0.15, 0.2) is 0 Å². The summed E-state index contributed by atoms with van der Waals surface area (Å²) in [7, 11) is -3.49. The summed E-state index contributed by atoms with van der Waals surface area (Å²) in [5, 5.41) is 3.00. The van der Waals surface area contributed by atoms with E-state index in [1.807, 2.05) is 57.2 Å². The molecule has 0 saturated heterocycles. The highest BCUT2D eigenvalue weighted by atomic mass is 32.2. The molecule has 1 N–H and O–H groups in total. The van der Waals surface area contributed by atoms with Crippen molar-refractivity contribution in [2.75, 3.05) is 17.1 Å². The average molecular weight is 488 g/mol. The number of amides is 2. The van der Waals surface area contributed by atoms with Gasteiger partial charge in [0, 0.05) is 25.6 Å². The Bertz CT molecular complexity index is 1010. The highest BCUT2D eigenvalue weighted by Crippen LogP contribution is 2.19. The van der Waals surface area contributed by atoms with Crippen molar-refractivity contribution in [1.82, 2.24) is 10.2 Å². The quantitative estimate of drug-likeness (QED) is 0.463. The Labute approximate surface area is 204 Å². The van der Waals surface area contributed by atoms with Gasteiger partial charge in [-0.25, -0.2) is 8.42 Å². The van der Waals surface area contributed by atoms with Gasteiger partial charge >= 0.3 is 0 Å². The minimum absolute atomic E-state index is 0.0180. The molecule has 2 aromatic carbocycles. The van der Waals surface area contributed by atoms with Gasteiger partial charge in [-0.3, -0.25) is 13.9 Å². The maximum absolute atomic E-state index is 13.4. The van der Waals surface area contributed by atoms with Crippen LogP contribution >= 0.6 is 0 Å². The van der Waals surface area contributed by atoms with Crippen molar-refractivity contribution in [2.24, 2.45) is 0 Å². The Morgan fingerprint density at radius 3 is 2.06 bits per heavy atom. The Balaban J connectivity index is 2.17. The standard InChI is InChI=1S/C26H37N3O4S/c1-5-21(3)27-26(31)24(6-2)28(20-22-14-9-7-10-15-22)25(30)18-13-19-29(34(4,32)33)23-16-11-8-12-17-23/h7-12,14-17,21,24H,5-6,13,18-20H2,1-4H3,(H,27,31)/t21-,24-/m0/s1. The van der Waals surface area contributed by atoms with E-state index in [9.17, 15) is 18.0 Å². The molecule has 0 spiro atoms. The van der Waals surface area contributed by atoms with Crippen LogP contribution in [0.4, 0.5) is 5.69 Å². The number of sulfonamides is 1. The van der Waals surface area contributed by atoms with Crippen LogP contribution in [0.5, 0.6) is 0 Å². The number of para-hydroxylation sites is 1. The molecule has 2 amide bonds. The van der Waals surface area contributed by atoms with Gasteiger partial charge in [0.05, 0.1) is 11.9 Å². The number of hydrogen-bond acceptors (Lipinski definition) is 4. The van der Waals surface area contributed by atoms with Crippen molar-refractivity contribution in [2.45, 2.75) is 65.1 Å². The summed E-state index contributed by atoms with van der Waals surface area (Å²) >= 11 is 0. The van der Waals surface area contributed by atoms with Gasteiger partial charge in [0.25, 0.3) is 0 Å². The number of benzene rings is 2. The first kappa shape index (κ1) is 27.4. The topological polar surface area (TPSA) is 86.8 Å². The minimum atomic E-state index is -3.49. The van der Waals surface area contributed by atoms with Crippen molar-refractivity contribution < 1.29 is 18.0 Å². The Hall–Kier alpha value is -2.87. The third-order valence-corrected chi connectivity index (χ3v) is 6.97. The molecule has 34 heavy (non-hydrogen) atoms. The number of nitrogens with zero attached hydrogens (tertiary/aromatic N) is 2. The Morgan fingerprint density at radius 1 is 0.941 bits per heavy atom. The van der Waals surface area contributed by atoms with Crippen molar-refractivity contribution in [1.29, 1.82) is 0 Å². The number of anilines is 1. The maximum Gasteiger partial charge on any atom is 0.243 e. The van der Waals surface area contributed by atoms with Crippen LogP contribution in [0.25, 0.3) is 0 Å². The van der Waals surface area contributed by atoms with Crippen molar-refractivity contribution in [3.63, 3.8) is 0 Å². The predicted molar refractivity (Wildman–Crippen MR) is 137 cm³/mol. The van der Waals surface area contributed by atoms with Crippen LogP contribution in [0.3, 0.4) is 0 Å². The molecule has 2 atom stereocenters. The summed E-state index contributed by atoms with van der Waals surface area (Å²) < 4.78 is 26.0. The Kier molecular flexibility index (Phi) is 10.6. The summed E-state index contributed by atoms with van der Waals surface area (Å²) in [6.45, 7) is 6.34. The van der Waals surface area contributed by atoms with E-state index in [0.717, 1.165) is 18.2 Å². The smallest absolute Gasteiger partial charge is 0.243 e. The molecule has 7 nitrogen and oxygen atoms in total. The number of rotatable bonds is 13. The van der Waals surface area contributed by atoms with Gasteiger partial charge < -0.3 is 10.2 Å². The summed E-state index contributed by atoms with van der Waals surface area (Å²) in [4.78, 5) is 28.0.